The predicted molar refractivity (Wildman–Crippen MR) is 108 cm³/mol. The lowest BCUT2D eigenvalue weighted by Gasteiger charge is -2.18. The molecule has 0 aliphatic rings. The van der Waals surface area contributed by atoms with Crippen molar-refractivity contribution >= 4 is 28.7 Å². The van der Waals surface area contributed by atoms with Crippen LogP contribution >= 0.6 is 11.6 Å². The second-order valence-corrected chi connectivity index (χ2v) is 7.09. The van der Waals surface area contributed by atoms with Gasteiger partial charge in [-0.15, -0.1) is 0 Å². The van der Waals surface area contributed by atoms with Crippen LogP contribution in [0.1, 0.15) is 63.5 Å². The molecule has 0 radical (unpaired) electrons. The molecule has 0 spiro atoms. The molecule has 2 unspecified atom stereocenters. The highest BCUT2D eigenvalue weighted by molar-refractivity contribution is 6.32. The van der Waals surface area contributed by atoms with E-state index in [1.165, 1.54) is 18.2 Å². The van der Waals surface area contributed by atoms with E-state index in [1.54, 1.807) is 0 Å². The summed E-state index contributed by atoms with van der Waals surface area (Å²) in [5.41, 5.74) is 2.59. The number of nitrogens with zero attached hydrogens (tertiary/aromatic N) is 3. The van der Waals surface area contributed by atoms with Gasteiger partial charge >= 0.3 is 0 Å². The summed E-state index contributed by atoms with van der Waals surface area (Å²) in [5.74, 6) is 0.713. The van der Waals surface area contributed by atoms with Crippen molar-refractivity contribution in [3.05, 3.63) is 56.6 Å². The molecule has 0 fully saturated rings. The number of nitro groups is 1. The molecule has 6 nitrogen and oxygen atoms in total. The minimum atomic E-state index is -0.542. The third kappa shape index (κ3) is 4.83. The summed E-state index contributed by atoms with van der Waals surface area (Å²) in [7, 11) is 0. The number of halogens is 1. The maximum absolute atomic E-state index is 10.8. The van der Waals surface area contributed by atoms with Gasteiger partial charge in [0.05, 0.1) is 16.3 Å². The number of aromatic hydroxyl groups is 1. The molecule has 0 aliphatic heterocycles. The van der Waals surface area contributed by atoms with Crippen LogP contribution in [0.15, 0.2) is 40.6 Å². The van der Waals surface area contributed by atoms with Crippen molar-refractivity contribution in [1.82, 2.24) is 0 Å². The van der Waals surface area contributed by atoms with Crippen molar-refractivity contribution in [3.63, 3.8) is 0 Å². The summed E-state index contributed by atoms with van der Waals surface area (Å²) in [6.07, 6.45) is 1.79. The second-order valence-electron chi connectivity index (χ2n) is 6.68. The summed E-state index contributed by atoms with van der Waals surface area (Å²) in [4.78, 5) is 10.3. The highest BCUT2D eigenvalue weighted by atomic mass is 35.5. The Kier molecular flexibility index (Phi) is 6.91. The molecule has 2 atom stereocenters. The normalized spacial score (nSPS) is 13.7. The smallest absolute Gasteiger partial charge is 0.288 e. The fourth-order valence-corrected chi connectivity index (χ4v) is 2.98. The molecule has 27 heavy (non-hydrogen) atoms. The number of rotatable bonds is 7. The lowest BCUT2D eigenvalue weighted by Crippen LogP contribution is -1.98. The molecular formula is C20H24ClN3O3. The molecule has 0 saturated heterocycles. The molecule has 144 valence electrons. The summed E-state index contributed by atoms with van der Waals surface area (Å²) in [6.45, 7) is 8.26. The first-order valence-electron chi connectivity index (χ1n) is 9.00. The van der Waals surface area contributed by atoms with Crippen LogP contribution < -0.4 is 0 Å². The van der Waals surface area contributed by atoms with Gasteiger partial charge in [-0.2, -0.15) is 10.2 Å². The van der Waals surface area contributed by atoms with Crippen LogP contribution in [0.25, 0.3) is 0 Å². The number of benzene rings is 2. The standard InChI is InChI=1S/C20H24ClN3O3/c1-5-12(3)16-9-15(10-17(20(16)25)13(4)6-2)23-22-14-7-8-19(24(26)27)18(21)11-14/h7-13,25H,5-6H2,1-4H3/b23-22+. The number of phenols is 1. The van der Waals surface area contributed by atoms with Crippen molar-refractivity contribution in [2.75, 3.05) is 0 Å². The minimum Gasteiger partial charge on any atom is -0.507 e. The zero-order valence-corrected chi connectivity index (χ0v) is 16.7. The highest BCUT2D eigenvalue weighted by Gasteiger charge is 2.18. The Hall–Kier alpha value is -2.47. The van der Waals surface area contributed by atoms with Crippen molar-refractivity contribution in [2.45, 2.75) is 52.4 Å². The molecule has 0 heterocycles. The molecule has 0 bridgehead atoms. The maximum atomic E-state index is 10.8. The van der Waals surface area contributed by atoms with Gasteiger partial charge in [0.25, 0.3) is 5.69 Å². The number of nitro benzene ring substituents is 1. The molecular weight excluding hydrogens is 366 g/mol. The van der Waals surface area contributed by atoms with Crippen molar-refractivity contribution in [1.29, 1.82) is 0 Å². The molecule has 0 aromatic heterocycles. The van der Waals surface area contributed by atoms with Gasteiger partial charge in [0, 0.05) is 6.07 Å². The fraction of sp³-hybridized carbons (Fsp3) is 0.400. The van der Waals surface area contributed by atoms with Gasteiger partial charge in [0.1, 0.15) is 10.8 Å². The second kappa shape index (κ2) is 8.95. The van der Waals surface area contributed by atoms with E-state index in [4.69, 9.17) is 11.6 Å². The summed E-state index contributed by atoms with van der Waals surface area (Å²) in [6, 6.07) is 7.90. The van der Waals surface area contributed by atoms with E-state index in [0.29, 0.717) is 17.1 Å². The van der Waals surface area contributed by atoms with E-state index in [2.05, 4.69) is 37.9 Å². The predicted octanol–water partition coefficient (Wildman–Crippen LogP) is 7.40. The lowest BCUT2D eigenvalue weighted by atomic mass is 9.89. The number of phenolic OH excluding ortho intramolecular Hbond substituents is 1. The first kappa shape index (κ1) is 20.8. The molecule has 7 heteroatoms. The van der Waals surface area contributed by atoms with Gasteiger partial charge in [-0.3, -0.25) is 10.1 Å². The van der Waals surface area contributed by atoms with Crippen molar-refractivity contribution in [3.8, 4) is 5.75 Å². The van der Waals surface area contributed by atoms with Crippen LogP contribution in [-0.2, 0) is 0 Å². The van der Waals surface area contributed by atoms with E-state index in [0.717, 1.165) is 24.0 Å². The minimum absolute atomic E-state index is 0.0164. The molecule has 1 N–H and O–H groups in total. The fourth-order valence-electron chi connectivity index (χ4n) is 2.73. The summed E-state index contributed by atoms with van der Waals surface area (Å²) < 4.78 is 0. The summed E-state index contributed by atoms with van der Waals surface area (Å²) >= 11 is 5.92. The Morgan fingerprint density at radius 3 is 2.00 bits per heavy atom. The van der Waals surface area contributed by atoms with E-state index >= 15 is 0 Å². The molecule has 0 aliphatic carbocycles. The lowest BCUT2D eigenvalue weighted by molar-refractivity contribution is -0.384. The van der Waals surface area contributed by atoms with Crippen LogP contribution in [0.5, 0.6) is 5.75 Å². The topological polar surface area (TPSA) is 88.1 Å². The number of hydrogen-bond acceptors (Lipinski definition) is 5. The van der Waals surface area contributed by atoms with E-state index in [-0.39, 0.29) is 22.5 Å². The average molecular weight is 390 g/mol. The average Bonchev–Trinajstić information content (AvgIpc) is 2.65. The van der Waals surface area contributed by atoms with Gasteiger partial charge < -0.3 is 5.11 Å². The van der Waals surface area contributed by atoms with E-state index in [1.807, 2.05) is 12.1 Å². The Balaban J connectivity index is 2.44. The number of hydrogen-bond donors (Lipinski definition) is 1. The van der Waals surface area contributed by atoms with Gasteiger partial charge in [-0.1, -0.05) is 39.3 Å². The first-order chi connectivity index (χ1) is 12.8. The van der Waals surface area contributed by atoms with Crippen molar-refractivity contribution < 1.29 is 10.0 Å². The Bertz CT molecular complexity index is 837. The maximum Gasteiger partial charge on any atom is 0.288 e. The quantitative estimate of drug-likeness (QED) is 0.304. The monoisotopic (exact) mass is 389 g/mol. The van der Waals surface area contributed by atoms with Crippen LogP contribution in [0.4, 0.5) is 17.1 Å². The first-order valence-corrected chi connectivity index (χ1v) is 9.38. The largest absolute Gasteiger partial charge is 0.507 e. The van der Waals surface area contributed by atoms with E-state index in [9.17, 15) is 15.2 Å². The third-order valence-electron chi connectivity index (χ3n) is 4.85. The Morgan fingerprint density at radius 1 is 1.04 bits per heavy atom. The van der Waals surface area contributed by atoms with Gasteiger partial charge in [0.2, 0.25) is 0 Å². The molecule has 2 aromatic carbocycles. The zero-order valence-electron chi connectivity index (χ0n) is 15.9. The van der Waals surface area contributed by atoms with Crippen LogP contribution in [-0.4, -0.2) is 10.0 Å². The van der Waals surface area contributed by atoms with Crippen molar-refractivity contribution in [2.24, 2.45) is 10.2 Å². The van der Waals surface area contributed by atoms with Crippen LogP contribution in [0, 0.1) is 10.1 Å². The molecule has 0 amide bonds. The Labute approximate surface area is 164 Å². The third-order valence-corrected chi connectivity index (χ3v) is 5.15. The highest BCUT2D eigenvalue weighted by Crippen LogP contribution is 2.40. The zero-order chi connectivity index (χ0) is 20.1. The molecule has 2 aromatic rings. The molecule has 2 rings (SSSR count). The molecule has 0 saturated carbocycles. The Morgan fingerprint density at radius 2 is 1.56 bits per heavy atom. The summed E-state index contributed by atoms with van der Waals surface area (Å²) in [5, 5.41) is 30.0. The van der Waals surface area contributed by atoms with E-state index < -0.39 is 4.92 Å². The SMILES string of the molecule is CCC(C)c1cc(/N=N/c2ccc([N+](=O)[O-])c(Cl)c2)cc(C(C)CC)c1O. The van der Waals surface area contributed by atoms with Crippen LogP contribution in [0.3, 0.4) is 0 Å². The van der Waals surface area contributed by atoms with Gasteiger partial charge in [-0.25, -0.2) is 0 Å². The van der Waals surface area contributed by atoms with Crippen LogP contribution in [0.2, 0.25) is 5.02 Å². The van der Waals surface area contributed by atoms with Gasteiger partial charge in [0.15, 0.2) is 0 Å². The van der Waals surface area contributed by atoms with Gasteiger partial charge in [-0.05, 0) is 60.1 Å². The number of azo groups is 1.